The molecule has 0 saturated carbocycles. The summed E-state index contributed by atoms with van der Waals surface area (Å²) in [5, 5.41) is 0. The Labute approximate surface area is 89.6 Å². The monoisotopic (exact) mass is 251 g/mol. The van der Waals surface area contributed by atoms with Gasteiger partial charge in [-0.05, 0) is 24.3 Å². The van der Waals surface area contributed by atoms with Crippen LogP contribution in [-0.2, 0) is 24.0 Å². The van der Waals surface area contributed by atoms with Gasteiger partial charge in [-0.15, -0.1) is 4.89 Å². The Balaban J connectivity index is 0.00000144. The van der Waals surface area contributed by atoms with Gasteiger partial charge in [0.15, 0.2) is 5.75 Å². The number of rotatable bonds is 3. The first-order valence-corrected chi connectivity index (χ1v) is 4.33. The second kappa shape index (κ2) is 6.03. The number of hydrogen-bond donors (Lipinski definition) is 1. The fourth-order valence-corrected chi connectivity index (χ4v) is 1.03. The Bertz CT molecular complexity index is 274. The van der Waals surface area contributed by atoms with Crippen LogP contribution in [0.15, 0.2) is 24.3 Å². The summed E-state index contributed by atoms with van der Waals surface area (Å²) >= 11 is 0. The summed E-state index contributed by atoms with van der Waals surface area (Å²) in [5.74, 6) is 1.02. The summed E-state index contributed by atoms with van der Waals surface area (Å²) in [5.41, 5.74) is 0. The molecule has 66 valence electrons. The molecule has 0 fully saturated rings. The van der Waals surface area contributed by atoms with E-state index in [0.29, 0.717) is 11.5 Å². The van der Waals surface area contributed by atoms with Gasteiger partial charge < -0.3 is 4.74 Å². The van der Waals surface area contributed by atoms with Crippen molar-refractivity contribution >= 4 is 8.25 Å². The first-order chi connectivity index (χ1) is 5.72. The maximum absolute atomic E-state index is 10.2. The average Bonchev–Trinajstić information content (AvgIpc) is 2.05. The van der Waals surface area contributed by atoms with Crippen molar-refractivity contribution in [3.8, 4) is 11.5 Å². The molecular weight excluding hydrogens is 244 g/mol. The maximum Gasteiger partial charge on any atom is 0.747 e. The van der Waals surface area contributed by atoms with E-state index in [2.05, 4.69) is 4.52 Å². The SMILES string of the molecule is COc1ccc(O[P+](=O)O)cc1.[Zn]. The molecule has 0 saturated heterocycles. The van der Waals surface area contributed by atoms with E-state index in [0.717, 1.165) is 0 Å². The molecule has 0 spiro atoms. The molecule has 0 heterocycles. The van der Waals surface area contributed by atoms with Crippen LogP contribution in [0.2, 0.25) is 0 Å². The molecule has 6 heteroatoms. The predicted octanol–water partition coefficient (Wildman–Crippen LogP) is 1.72. The minimum Gasteiger partial charge on any atom is -0.497 e. The van der Waals surface area contributed by atoms with Gasteiger partial charge in [0, 0.05) is 24.0 Å². The maximum atomic E-state index is 10.2. The topological polar surface area (TPSA) is 55.8 Å². The molecule has 1 aromatic rings. The largest absolute Gasteiger partial charge is 0.747 e. The van der Waals surface area contributed by atoms with Crippen molar-refractivity contribution in [1.29, 1.82) is 0 Å². The van der Waals surface area contributed by atoms with Crippen molar-refractivity contribution in [2.24, 2.45) is 0 Å². The van der Waals surface area contributed by atoms with Gasteiger partial charge in [-0.25, -0.2) is 4.52 Å². The smallest absolute Gasteiger partial charge is 0.497 e. The van der Waals surface area contributed by atoms with Crippen molar-refractivity contribution in [2.75, 3.05) is 7.11 Å². The average molecular weight is 253 g/mol. The normalized spacial score (nSPS) is 9.85. The molecule has 4 nitrogen and oxygen atoms in total. The number of benzene rings is 1. The number of ether oxygens (including phenoxy) is 1. The fraction of sp³-hybridized carbons (Fsp3) is 0.143. The van der Waals surface area contributed by atoms with E-state index >= 15 is 0 Å². The molecule has 0 radical (unpaired) electrons. The fourth-order valence-electron chi connectivity index (χ4n) is 0.727. The van der Waals surface area contributed by atoms with E-state index in [-0.39, 0.29) is 19.5 Å². The number of hydrogen-bond acceptors (Lipinski definition) is 3. The van der Waals surface area contributed by atoms with Crippen molar-refractivity contribution in [1.82, 2.24) is 0 Å². The third-order valence-corrected chi connectivity index (χ3v) is 1.61. The van der Waals surface area contributed by atoms with Gasteiger partial charge in [-0.3, -0.25) is 0 Å². The van der Waals surface area contributed by atoms with Crippen LogP contribution in [0.5, 0.6) is 11.5 Å². The van der Waals surface area contributed by atoms with Gasteiger partial charge in [0.2, 0.25) is 0 Å². The molecule has 1 unspecified atom stereocenters. The standard InChI is InChI=1S/C7H7O4P.Zn/c1-10-6-2-4-7(5-3-6)11-12(8)9;/h2-5H,1H3;/p+1. The summed E-state index contributed by atoms with van der Waals surface area (Å²) in [4.78, 5) is 8.39. The molecule has 1 atom stereocenters. The first-order valence-electron chi connectivity index (χ1n) is 3.20. The van der Waals surface area contributed by atoms with Gasteiger partial charge in [-0.1, -0.05) is 0 Å². The molecule has 0 aromatic heterocycles. The van der Waals surface area contributed by atoms with E-state index in [4.69, 9.17) is 9.63 Å². The summed E-state index contributed by atoms with van der Waals surface area (Å²) in [6.07, 6.45) is 0. The van der Waals surface area contributed by atoms with Crippen LogP contribution in [-0.4, -0.2) is 12.0 Å². The van der Waals surface area contributed by atoms with E-state index in [1.807, 2.05) is 0 Å². The van der Waals surface area contributed by atoms with Crippen LogP contribution >= 0.6 is 8.25 Å². The molecule has 0 aliphatic heterocycles. The molecule has 1 N–H and O–H groups in total. The molecule has 1 rings (SSSR count). The first kappa shape index (κ1) is 12.5. The van der Waals surface area contributed by atoms with Gasteiger partial charge in [0.05, 0.1) is 7.11 Å². The summed E-state index contributed by atoms with van der Waals surface area (Å²) in [6, 6.07) is 6.41. The zero-order chi connectivity index (χ0) is 8.97. The molecular formula is C7H8O4PZn+. The van der Waals surface area contributed by atoms with Crippen LogP contribution in [0.1, 0.15) is 0 Å². The summed E-state index contributed by atoms with van der Waals surface area (Å²) in [6.45, 7) is 0. The van der Waals surface area contributed by atoms with Gasteiger partial charge in [-0.2, -0.15) is 0 Å². The van der Waals surface area contributed by atoms with Gasteiger partial charge in [0.1, 0.15) is 5.75 Å². The molecule has 13 heavy (non-hydrogen) atoms. The summed E-state index contributed by atoms with van der Waals surface area (Å²) < 4.78 is 19.6. The molecule has 0 aliphatic rings. The van der Waals surface area contributed by atoms with Crippen molar-refractivity contribution in [3.05, 3.63) is 24.3 Å². The van der Waals surface area contributed by atoms with Crippen LogP contribution in [0.3, 0.4) is 0 Å². The Hall–Kier alpha value is -0.497. The van der Waals surface area contributed by atoms with Gasteiger partial charge in [0.25, 0.3) is 0 Å². The van der Waals surface area contributed by atoms with Gasteiger partial charge >= 0.3 is 8.25 Å². The predicted molar refractivity (Wildman–Crippen MR) is 43.4 cm³/mol. The Morgan fingerprint density at radius 3 is 2.08 bits per heavy atom. The zero-order valence-electron chi connectivity index (χ0n) is 7.14. The molecule has 0 bridgehead atoms. The molecule has 0 amide bonds. The zero-order valence-corrected chi connectivity index (χ0v) is 11.0. The quantitative estimate of drug-likeness (QED) is 0.657. The van der Waals surface area contributed by atoms with Crippen LogP contribution in [0, 0.1) is 0 Å². The molecule has 1 aromatic carbocycles. The minimum atomic E-state index is -2.58. The van der Waals surface area contributed by atoms with Crippen LogP contribution < -0.4 is 9.26 Å². The van der Waals surface area contributed by atoms with E-state index in [1.165, 1.54) is 0 Å². The third kappa shape index (κ3) is 4.32. The summed E-state index contributed by atoms with van der Waals surface area (Å²) in [7, 11) is -1.04. The third-order valence-electron chi connectivity index (χ3n) is 1.24. The van der Waals surface area contributed by atoms with Crippen LogP contribution in [0.25, 0.3) is 0 Å². The van der Waals surface area contributed by atoms with Crippen molar-refractivity contribution < 1.29 is 38.2 Å². The second-order valence-electron chi connectivity index (χ2n) is 2.00. The Morgan fingerprint density at radius 1 is 1.23 bits per heavy atom. The van der Waals surface area contributed by atoms with Crippen molar-refractivity contribution in [2.45, 2.75) is 0 Å². The second-order valence-corrected chi connectivity index (χ2v) is 2.66. The Morgan fingerprint density at radius 2 is 1.69 bits per heavy atom. The Kier molecular flexibility index (Phi) is 5.80. The van der Waals surface area contributed by atoms with E-state index in [1.54, 1.807) is 31.4 Å². The van der Waals surface area contributed by atoms with E-state index < -0.39 is 8.25 Å². The minimum absolute atomic E-state index is 0. The van der Waals surface area contributed by atoms with Crippen LogP contribution in [0.4, 0.5) is 0 Å². The number of methoxy groups -OCH3 is 1. The van der Waals surface area contributed by atoms with E-state index in [9.17, 15) is 4.57 Å². The molecule has 0 aliphatic carbocycles. The van der Waals surface area contributed by atoms with Crippen molar-refractivity contribution in [3.63, 3.8) is 0 Å².